The van der Waals surface area contributed by atoms with Crippen LogP contribution in [-0.4, -0.2) is 11.7 Å². The van der Waals surface area contributed by atoms with Crippen molar-refractivity contribution in [3.05, 3.63) is 34.3 Å². The largest absolute Gasteiger partial charge is 0.298 e. The van der Waals surface area contributed by atoms with E-state index in [4.69, 9.17) is 28.5 Å². The molecule has 0 radical (unpaired) electrons. The molecule has 0 aromatic heterocycles. The number of benzene rings is 1. The molecule has 1 aromatic rings. The van der Waals surface area contributed by atoms with Gasteiger partial charge in [0.15, 0.2) is 5.78 Å². The Balaban J connectivity index is 2.98. The minimum Gasteiger partial charge on any atom is -0.298 e. The van der Waals surface area contributed by atoms with Crippen molar-refractivity contribution in [1.82, 2.24) is 0 Å². The molecular formula is C10H7Cl2NO. The Morgan fingerprint density at radius 1 is 1.50 bits per heavy atom. The van der Waals surface area contributed by atoms with E-state index < -0.39 is 0 Å². The van der Waals surface area contributed by atoms with Crippen LogP contribution < -0.4 is 0 Å². The second kappa shape index (κ2) is 4.99. The predicted molar refractivity (Wildman–Crippen MR) is 55.6 cm³/mol. The smallest absolute Gasteiger partial charge is 0.151 e. The zero-order chi connectivity index (χ0) is 10.6. The first-order valence-electron chi connectivity index (χ1n) is 3.93. The SMILES string of the molecule is N#Cc1cc(Cl)ccc1CC(=O)CCl. The van der Waals surface area contributed by atoms with Gasteiger partial charge in [0.1, 0.15) is 0 Å². The second-order valence-corrected chi connectivity index (χ2v) is 3.47. The number of halogens is 2. The summed E-state index contributed by atoms with van der Waals surface area (Å²) < 4.78 is 0. The lowest BCUT2D eigenvalue weighted by Gasteiger charge is -2.01. The van der Waals surface area contributed by atoms with Crippen LogP contribution in [0.4, 0.5) is 0 Å². The number of alkyl halides is 1. The van der Waals surface area contributed by atoms with Gasteiger partial charge in [-0.05, 0) is 17.7 Å². The lowest BCUT2D eigenvalue weighted by atomic mass is 10.0. The van der Waals surface area contributed by atoms with Crippen molar-refractivity contribution < 1.29 is 4.79 Å². The van der Waals surface area contributed by atoms with Crippen LogP contribution in [0.2, 0.25) is 5.02 Å². The van der Waals surface area contributed by atoms with E-state index in [1.165, 1.54) is 0 Å². The summed E-state index contributed by atoms with van der Waals surface area (Å²) in [5.41, 5.74) is 1.10. The summed E-state index contributed by atoms with van der Waals surface area (Å²) in [6, 6.07) is 6.85. The van der Waals surface area contributed by atoms with E-state index in [1.807, 2.05) is 6.07 Å². The van der Waals surface area contributed by atoms with Crippen LogP contribution in [0.3, 0.4) is 0 Å². The Morgan fingerprint density at radius 2 is 2.21 bits per heavy atom. The van der Waals surface area contributed by atoms with Crippen LogP contribution in [0.1, 0.15) is 11.1 Å². The minimum atomic E-state index is -0.106. The first kappa shape index (κ1) is 11.0. The molecule has 2 nitrogen and oxygen atoms in total. The van der Waals surface area contributed by atoms with Crippen LogP contribution >= 0.6 is 23.2 Å². The van der Waals surface area contributed by atoms with Gasteiger partial charge in [-0.3, -0.25) is 4.79 Å². The summed E-state index contributed by atoms with van der Waals surface area (Å²) in [6.45, 7) is 0. The van der Waals surface area contributed by atoms with Crippen molar-refractivity contribution >= 4 is 29.0 Å². The fourth-order valence-electron chi connectivity index (χ4n) is 1.07. The summed E-state index contributed by atoms with van der Waals surface area (Å²) in [5, 5.41) is 9.27. The Kier molecular flexibility index (Phi) is 3.94. The molecule has 1 rings (SSSR count). The number of rotatable bonds is 3. The van der Waals surface area contributed by atoms with Gasteiger partial charge in [0, 0.05) is 11.4 Å². The van der Waals surface area contributed by atoms with E-state index in [0.717, 1.165) is 0 Å². The fourth-order valence-corrected chi connectivity index (χ4v) is 1.33. The van der Waals surface area contributed by atoms with Gasteiger partial charge >= 0.3 is 0 Å². The highest BCUT2D eigenvalue weighted by Crippen LogP contribution is 2.16. The lowest BCUT2D eigenvalue weighted by Crippen LogP contribution is -2.05. The third-order valence-corrected chi connectivity index (χ3v) is 2.26. The molecule has 0 N–H and O–H groups in total. The lowest BCUT2D eigenvalue weighted by molar-refractivity contribution is -0.116. The molecule has 0 aliphatic carbocycles. The van der Waals surface area contributed by atoms with Gasteiger partial charge in [0.05, 0.1) is 17.5 Å². The molecule has 0 spiro atoms. The Bertz CT molecular complexity index is 396. The average molecular weight is 228 g/mol. The highest BCUT2D eigenvalue weighted by molar-refractivity contribution is 6.30. The number of ketones is 1. The zero-order valence-corrected chi connectivity index (χ0v) is 8.77. The molecule has 0 saturated heterocycles. The van der Waals surface area contributed by atoms with E-state index >= 15 is 0 Å². The maximum atomic E-state index is 11.1. The second-order valence-electron chi connectivity index (χ2n) is 2.76. The topological polar surface area (TPSA) is 40.9 Å². The van der Waals surface area contributed by atoms with Crippen LogP contribution in [0.5, 0.6) is 0 Å². The van der Waals surface area contributed by atoms with Gasteiger partial charge < -0.3 is 0 Å². The Labute approximate surface area is 92.1 Å². The Morgan fingerprint density at radius 3 is 2.79 bits per heavy atom. The molecule has 0 fully saturated rings. The molecule has 0 saturated carbocycles. The van der Waals surface area contributed by atoms with Crippen molar-refractivity contribution in [2.75, 3.05) is 5.88 Å². The molecule has 0 aliphatic rings. The van der Waals surface area contributed by atoms with Gasteiger partial charge in [-0.1, -0.05) is 17.7 Å². The molecule has 0 atom stereocenters. The zero-order valence-electron chi connectivity index (χ0n) is 7.26. The van der Waals surface area contributed by atoms with Crippen LogP contribution in [0.25, 0.3) is 0 Å². The molecule has 0 amide bonds. The number of hydrogen-bond donors (Lipinski definition) is 0. The highest BCUT2D eigenvalue weighted by Gasteiger charge is 2.07. The summed E-state index contributed by atoms with van der Waals surface area (Å²) in [7, 11) is 0. The van der Waals surface area contributed by atoms with Crippen molar-refractivity contribution in [2.45, 2.75) is 6.42 Å². The normalized spacial score (nSPS) is 9.50. The monoisotopic (exact) mass is 227 g/mol. The van der Waals surface area contributed by atoms with Gasteiger partial charge in [0.25, 0.3) is 0 Å². The Hall–Kier alpha value is -1.04. The van der Waals surface area contributed by atoms with E-state index in [1.54, 1.807) is 18.2 Å². The number of nitriles is 1. The molecule has 0 heterocycles. The van der Waals surface area contributed by atoms with Crippen LogP contribution in [0, 0.1) is 11.3 Å². The number of hydrogen-bond acceptors (Lipinski definition) is 2. The summed E-state index contributed by atoms with van der Waals surface area (Å²) >= 11 is 11.1. The first-order valence-corrected chi connectivity index (χ1v) is 4.85. The van der Waals surface area contributed by atoms with E-state index in [-0.39, 0.29) is 18.1 Å². The minimum absolute atomic E-state index is 0.0342. The molecule has 1 aromatic carbocycles. The van der Waals surface area contributed by atoms with Gasteiger partial charge in [0.2, 0.25) is 0 Å². The summed E-state index contributed by atoms with van der Waals surface area (Å²) in [4.78, 5) is 11.1. The van der Waals surface area contributed by atoms with Crippen molar-refractivity contribution in [3.8, 4) is 6.07 Å². The molecule has 4 heteroatoms. The first-order chi connectivity index (χ1) is 6.67. The maximum Gasteiger partial charge on any atom is 0.151 e. The van der Waals surface area contributed by atoms with Gasteiger partial charge in [-0.25, -0.2) is 0 Å². The maximum absolute atomic E-state index is 11.1. The summed E-state index contributed by atoms with van der Waals surface area (Å²) in [6.07, 6.45) is 0.184. The van der Waals surface area contributed by atoms with Crippen molar-refractivity contribution in [1.29, 1.82) is 5.26 Å². The van der Waals surface area contributed by atoms with E-state index in [2.05, 4.69) is 0 Å². The quantitative estimate of drug-likeness (QED) is 0.746. The fraction of sp³-hybridized carbons (Fsp3) is 0.200. The molecule has 0 aliphatic heterocycles. The van der Waals surface area contributed by atoms with Crippen molar-refractivity contribution in [2.24, 2.45) is 0 Å². The number of carbonyl (C=O) groups is 1. The molecule has 0 bridgehead atoms. The predicted octanol–water partition coefficient (Wildman–Crippen LogP) is 2.56. The molecule has 0 unspecified atom stereocenters. The third kappa shape index (κ3) is 2.73. The van der Waals surface area contributed by atoms with Crippen LogP contribution in [0.15, 0.2) is 18.2 Å². The van der Waals surface area contributed by atoms with Crippen LogP contribution in [-0.2, 0) is 11.2 Å². The van der Waals surface area contributed by atoms with Crippen molar-refractivity contribution in [3.63, 3.8) is 0 Å². The molecule has 14 heavy (non-hydrogen) atoms. The standard InChI is InChI=1S/C10H7Cl2NO/c11-5-10(14)4-7-1-2-9(12)3-8(7)6-13/h1-3H,4-5H2. The average Bonchev–Trinajstić information content (AvgIpc) is 2.20. The van der Waals surface area contributed by atoms with Gasteiger partial charge in [-0.15, -0.1) is 11.6 Å². The van der Waals surface area contributed by atoms with Gasteiger partial charge in [-0.2, -0.15) is 5.26 Å². The molecular weight excluding hydrogens is 221 g/mol. The number of Topliss-reactive ketones (excluding diaryl/α,β-unsaturated/α-hetero) is 1. The van der Waals surface area contributed by atoms with E-state index in [0.29, 0.717) is 16.1 Å². The highest BCUT2D eigenvalue weighted by atomic mass is 35.5. The number of nitrogens with zero attached hydrogens (tertiary/aromatic N) is 1. The molecule has 72 valence electrons. The third-order valence-electron chi connectivity index (χ3n) is 1.73. The summed E-state index contributed by atoms with van der Waals surface area (Å²) in [5.74, 6) is -0.140. The van der Waals surface area contributed by atoms with E-state index in [9.17, 15) is 4.79 Å². The number of carbonyl (C=O) groups excluding carboxylic acids is 1.